The number of alkyl halides is 3. The molecule has 10 heteroatoms. The van der Waals surface area contributed by atoms with Gasteiger partial charge in [-0.1, -0.05) is 24.3 Å². The van der Waals surface area contributed by atoms with Crippen molar-refractivity contribution in [1.82, 2.24) is 10.6 Å². The first-order valence-corrected chi connectivity index (χ1v) is 9.21. The molecule has 0 amide bonds. The van der Waals surface area contributed by atoms with E-state index >= 15 is 0 Å². The van der Waals surface area contributed by atoms with Crippen LogP contribution in [0.4, 0.5) is 13.2 Å². The van der Waals surface area contributed by atoms with E-state index in [4.69, 9.17) is 4.74 Å². The number of benzene rings is 1. The molecule has 1 aromatic rings. The van der Waals surface area contributed by atoms with Gasteiger partial charge in [-0.25, -0.2) is 0 Å². The van der Waals surface area contributed by atoms with Crippen LogP contribution in [0, 0.1) is 5.41 Å². The average molecular weight is 531 g/mol. The monoisotopic (exact) mass is 531 g/mol. The van der Waals surface area contributed by atoms with Gasteiger partial charge in [0.1, 0.15) is 6.61 Å². The molecule has 1 saturated heterocycles. The van der Waals surface area contributed by atoms with Crippen LogP contribution in [0.25, 0.3) is 0 Å². The van der Waals surface area contributed by atoms with Crippen LogP contribution in [0.1, 0.15) is 24.0 Å². The van der Waals surface area contributed by atoms with Crippen molar-refractivity contribution in [1.29, 1.82) is 0 Å². The molecule has 0 saturated carbocycles. The molecule has 0 spiro atoms. The van der Waals surface area contributed by atoms with E-state index in [1.54, 1.807) is 19.2 Å². The summed E-state index contributed by atoms with van der Waals surface area (Å²) in [6.07, 6.45) is -2.74. The Bertz CT molecular complexity index is 621. The van der Waals surface area contributed by atoms with E-state index in [-0.39, 0.29) is 42.6 Å². The first-order valence-electron chi connectivity index (χ1n) is 9.21. The minimum Gasteiger partial charge on any atom is -0.396 e. The summed E-state index contributed by atoms with van der Waals surface area (Å²) < 4.78 is 46.4. The quantitative estimate of drug-likeness (QED) is 0.260. The molecule has 1 aromatic carbocycles. The molecule has 1 aliphatic rings. The number of aliphatic hydroxyl groups excluding tert-OH is 1. The molecule has 0 aromatic heterocycles. The van der Waals surface area contributed by atoms with Crippen LogP contribution >= 0.6 is 24.0 Å². The average Bonchev–Trinajstić information content (AvgIpc) is 3.11. The molecule has 1 unspecified atom stereocenters. The summed E-state index contributed by atoms with van der Waals surface area (Å²) >= 11 is 0. The maximum absolute atomic E-state index is 12.1. The second-order valence-corrected chi connectivity index (χ2v) is 6.98. The number of aliphatic imine (C=N–C) groups is 1. The number of aliphatic hydroxyl groups is 1. The number of ether oxygens (including phenoxy) is 2. The standard InChI is InChI=1S/C19H28F3N3O3.HI/c1-23-17(25-12-18(6-8-26)7-9-27-13-18)24-10-15-2-4-16(5-3-15)11-28-14-19(20,21)22;/h2-5,26H,6-14H2,1H3,(H2,23,24,25);1H. The van der Waals surface area contributed by atoms with E-state index in [1.165, 1.54) is 0 Å². The Morgan fingerprint density at radius 3 is 2.48 bits per heavy atom. The fourth-order valence-electron chi connectivity index (χ4n) is 3.03. The van der Waals surface area contributed by atoms with Gasteiger partial charge in [0, 0.05) is 38.8 Å². The Morgan fingerprint density at radius 1 is 1.24 bits per heavy atom. The van der Waals surface area contributed by atoms with Gasteiger partial charge in [-0.3, -0.25) is 4.99 Å². The highest BCUT2D eigenvalue weighted by Crippen LogP contribution is 2.31. The third-order valence-electron chi connectivity index (χ3n) is 4.70. The van der Waals surface area contributed by atoms with Crippen molar-refractivity contribution in [2.75, 3.05) is 40.0 Å². The summed E-state index contributed by atoms with van der Waals surface area (Å²) in [7, 11) is 1.68. The van der Waals surface area contributed by atoms with Crippen LogP contribution in [0.3, 0.4) is 0 Å². The van der Waals surface area contributed by atoms with Gasteiger partial charge in [0.05, 0.1) is 13.2 Å². The molecule has 1 heterocycles. The molecule has 1 aliphatic heterocycles. The molecule has 0 bridgehead atoms. The Labute approximate surface area is 186 Å². The number of hydrogen-bond acceptors (Lipinski definition) is 4. The van der Waals surface area contributed by atoms with Crippen molar-refractivity contribution >= 4 is 29.9 Å². The molecule has 0 aliphatic carbocycles. The second-order valence-electron chi connectivity index (χ2n) is 6.98. The molecule has 29 heavy (non-hydrogen) atoms. The van der Waals surface area contributed by atoms with E-state index in [2.05, 4.69) is 20.4 Å². The van der Waals surface area contributed by atoms with Crippen molar-refractivity contribution in [2.45, 2.75) is 32.2 Å². The Morgan fingerprint density at radius 2 is 1.93 bits per heavy atom. The van der Waals surface area contributed by atoms with Crippen LogP contribution in [0.15, 0.2) is 29.3 Å². The zero-order valence-electron chi connectivity index (χ0n) is 16.4. The van der Waals surface area contributed by atoms with Crippen LogP contribution in [0.2, 0.25) is 0 Å². The topological polar surface area (TPSA) is 75.1 Å². The zero-order valence-corrected chi connectivity index (χ0v) is 18.8. The molecule has 0 radical (unpaired) electrons. The fourth-order valence-corrected chi connectivity index (χ4v) is 3.03. The molecule has 6 nitrogen and oxygen atoms in total. The maximum atomic E-state index is 12.1. The van der Waals surface area contributed by atoms with Crippen molar-refractivity contribution in [2.24, 2.45) is 10.4 Å². The van der Waals surface area contributed by atoms with E-state index in [9.17, 15) is 18.3 Å². The van der Waals surface area contributed by atoms with Gasteiger partial charge >= 0.3 is 6.18 Å². The highest BCUT2D eigenvalue weighted by Gasteiger charge is 2.34. The van der Waals surface area contributed by atoms with Crippen LogP contribution < -0.4 is 10.6 Å². The first kappa shape index (κ1) is 25.9. The van der Waals surface area contributed by atoms with Gasteiger partial charge < -0.3 is 25.2 Å². The van der Waals surface area contributed by atoms with E-state index in [0.717, 1.165) is 12.0 Å². The predicted molar refractivity (Wildman–Crippen MR) is 115 cm³/mol. The minimum atomic E-state index is -4.31. The van der Waals surface area contributed by atoms with E-state index in [1.807, 2.05) is 12.1 Å². The molecular formula is C19H29F3IN3O3. The van der Waals surface area contributed by atoms with Crippen LogP contribution in [-0.2, 0) is 22.6 Å². The maximum Gasteiger partial charge on any atom is 0.411 e. The lowest BCUT2D eigenvalue weighted by Crippen LogP contribution is -2.44. The van der Waals surface area contributed by atoms with Crippen molar-refractivity contribution in [3.8, 4) is 0 Å². The third-order valence-corrected chi connectivity index (χ3v) is 4.70. The minimum absolute atomic E-state index is 0. The highest BCUT2D eigenvalue weighted by molar-refractivity contribution is 14.0. The van der Waals surface area contributed by atoms with Gasteiger partial charge in [-0.2, -0.15) is 13.2 Å². The number of nitrogens with one attached hydrogen (secondary N) is 2. The zero-order chi connectivity index (χ0) is 20.5. The Kier molecular flexibility index (Phi) is 11.2. The predicted octanol–water partition coefficient (Wildman–Crippen LogP) is 2.84. The Hall–Kier alpha value is -1.11. The number of guanidine groups is 1. The van der Waals surface area contributed by atoms with Crippen molar-refractivity contribution in [3.05, 3.63) is 35.4 Å². The summed E-state index contributed by atoms with van der Waals surface area (Å²) in [6, 6.07) is 7.17. The fraction of sp³-hybridized carbons (Fsp3) is 0.632. The second kappa shape index (κ2) is 12.6. The number of hydrogen-bond donors (Lipinski definition) is 3. The molecule has 166 valence electrons. The summed E-state index contributed by atoms with van der Waals surface area (Å²) in [5.74, 6) is 0.641. The number of halogens is 4. The van der Waals surface area contributed by atoms with Gasteiger partial charge in [-0.05, 0) is 24.0 Å². The SMILES string of the molecule is CN=C(NCc1ccc(COCC(F)(F)F)cc1)NCC1(CCO)CCOC1.I. The van der Waals surface area contributed by atoms with Gasteiger partial charge in [0.25, 0.3) is 0 Å². The summed E-state index contributed by atoms with van der Waals surface area (Å²) in [6.45, 7) is 1.29. The molecular weight excluding hydrogens is 502 g/mol. The summed E-state index contributed by atoms with van der Waals surface area (Å²) in [5.41, 5.74) is 1.57. The van der Waals surface area contributed by atoms with Crippen LogP contribution in [0.5, 0.6) is 0 Å². The molecule has 1 atom stereocenters. The molecule has 2 rings (SSSR count). The first-order chi connectivity index (χ1) is 13.4. The van der Waals surface area contributed by atoms with Gasteiger partial charge in [0.15, 0.2) is 5.96 Å². The number of nitrogens with zero attached hydrogens (tertiary/aromatic N) is 1. The summed E-state index contributed by atoms with van der Waals surface area (Å²) in [4.78, 5) is 4.20. The van der Waals surface area contributed by atoms with Crippen molar-refractivity contribution in [3.63, 3.8) is 0 Å². The largest absolute Gasteiger partial charge is 0.411 e. The Balaban J connectivity index is 0.00000420. The highest BCUT2D eigenvalue weighted by atomic mass is 127. The van der Waals surface area contributed by atoms with Crippen LogP contribution in [-0.4, -0.2) is 57.3 Å². The lowest BCUT2D eigenvalue weighted by Gasteiger charge is -2.27. The summed E-state index contributed by atoms with van der Waals surface area (Å²) in [5, 5.41) is 15.8. The normalized spacial score (nSPS) is 19.7. The lowest BCUT2D eigenvalue weighted by molar-refractivity contribution is -0.176. The smallest absolute Gasteiger partial charge is 0.396 e. The molecule has 1 fully saturated rings. The van der Waals surface area contributed by atoms with E-state index in [0.29, 0.717) is 44.2 Å². The van der Waals surface area contributed by atoms with Gasteiger partial charge in [-0.15, -0.1) is 24.0 Å². The number of rotatable bonds is 9. The third kappa shape index (κ3) is 9.49. The molecule has 3 N–H and O–H groups in total. The van der Waals surface area contributed by atoms with E-state index < -0.39 is 12.8 Å². The van der Waals surface area contributed by atoms with Crippen molar-refractivity contribution < 1.29 is 27.8 Å². The van der Waals surface area contributed by atoms with Gasteiger partial charge in [0.2, 0.25) is 0 Å². The lowest BCUT2D eigenvalue weighted by atomic mass is 9.84.